The first-order chi connectivity index (χ1) is 23.9. The summed E-state index contributed by atoms with van der Waals surface area (Å²) < 4.78 is 4.57. The first-order valence-electron chi connectivity index (χ1n) is 14.5. The van der Waals surface area contributed by atoms with Gasteiger partial charge in [-0.1, -0.05) is 59.1 Å². The van der Waals surface area contributed by atoms with Crippen LogP contribution in [-0.4, -0.2) is 87.0 Å². The lowest BCUT2D eigenvalue weighted by Crippen LogP contribution is -2.29. The number of fused-ring (bicyclic) bond motifs is 2. The van der Waals surface area contributed by atoms with Gasteiger partial charge in [0.05, 0.1) is 54.3 Å². The maximum absolute atomic E-state index is 12.1. The third kappa shape index (κ3) is 10.0. The van der Waals surface area contributed by atoms with Crippen molar-refractivity contribution in [2.75, 3.05) is 21.2 Å². The molecule has 2 heterocycles. The highest BCUT2D eigenvalue weighted by molar-refractivity contribution is 6.58. The van der Waals surface area contributed by atoms with Gasteiger partial charge in [-0.05, 0) is 66.1 Å². The van der Waals surface area contributed by atoms with Crippen LogP contribution in [0.4, 0.5) is 0 Å². The Morgan fingerprint density at radius 1 is 0.740 bits per heavy atom. The van der Waals surface area contributed by atoms with Gasteiger partial charge in [-0.2, -0.15) is 0 Å². The summed E-state index contributed by atoms with van der Waals surface area (Å²) in [6.45, 7) is 3.16. The van der Waals surface area contributed by atoms with Crippen LogP contribution in [0.25, 0.3) is 33.3 Å². The van der Waals surface area contributed by atoms with Crippen LogP contribution >= 0.6 is 34.8 Å². The van der Waals surface area contributed by atoms with E-state index in [1.54, 1.807) is 86.0 Å². The molecule has 0 aliphatic heterocycles. The number of amides is 2. The number of carbonyl (C=O) groups excluding carboxylic acids is 3. The van der Waals surface area contributed by atoms with E-state index in [1.807, 2.05) is 12.1 Å². The minimum atomic E-state index is -1.41. The number of hydroxylamine groups is 4. The van der Waals surface area contributed by atoms with Crippen LogP contribution in [0.15, 0.2) is 97.3 Å². The average Bonchev–Trinajstić information content (AvgIpc) is 3.13. The van der Waals surface area contributed by atoms with Gasteiger partial charge >= 0.3 is 19.8 Å². The largest absolute Gasteiger partial charge is 0.488 e. The predicted octanol–water partition coefficient (Wildman–Crippen LogP) is 5.24. The van der Waals surface area contributed by atoms with E-state index in [0.29, 0.717) is 43.2 Å². The molecule has 6 rings (SSSR count). The van der Waals surface area contributed by atoms with Gasteiger partial charge in [0, 0.05) is 38.8 Å². The van der Waals surface area contributed by atoms with Crippen LogP contribution in [0, 0.1) is 0 Å². The molecular weight excluding hydrogens is 706 g/mol. The van der Waals surface area contributed by atoms with Crippen molar-refractivity contribution in [2.24, 2.45) is 0 Å². The number of halogens is 3. The van der Waals surface area contributed by atoms with Gasteiger partial charge in [0.15, 0.2) is 0 Å². The Bertz CT molecular complexity index is 2120. The van der Waals surface area contributed by atoms with Gasteiger partial charge in [-0.25, -0.2) is 15.0 Å². The molecule has 254 valence electrons. The summed E-state index contributed by atoms with van der Waals surface area (Å²) in [5, 5.41) is 21.0. The van der Waals surface area contributed by atoms with E-state index in [9.17, 15) is 9.59 Å². The summed E-state index contributed by atoms with van der Waals surface area (Å²) >= 11 is 17.2. The number of benzene rings is 4. The van der Waals surface area contributed by atoms with E-state index in [4.69, 9.17) is 49.7 Å². The van der Waals surface area contributed by atoms with Gasteiger partial charge in [-0.3, -0.25) is 24.4 Å². The topological polar surface area (TPSA) is 153 Å². The fourth-order valence-corrected chi connectivity index (χ4v) is 4.56. The SMILES string of the molecule is C=[O+]N(C)C(=O)c1ccc2ncc(Cl)nc2c1.CON(C)C(=O)c1ccc2ncc(-c3ccc(Cl)cc3)nc2c1.OB(O)c1ccc(Cl)cc1. The Kier molecular flexibility index (Phi) is 13.3. The number of aromatic nitrogens is 4. The van der Waals surface area contributed by atoms with Crippen molar-refractivity contribution in [3.8, 4) is 11.3 Å². The summed E-state index contributed by atoms with van der Waals surface area (Å²) in [6.07, 6.45) is 3.16. The summed E-state index contributed by atoms with van der Waals surface area (Å²) in [4.78, 5) is 46.0. The fourth-order valence-electron chi connectivity index (χ4n) is 4.17. The number of carbonyl (C=O) groups is 2. The van der Waals surface area contributed by atoms with Crippen LogP contribution in [0.3, 0.4) is 0 Å². The number of hydrogen-bond donors (Lipinski definition) is 2. The smallest absolute Gasteiger partial charge is 0.423 e. The zero-order valence-electron chi connectivity index (χ0n) is 26.9. The molecule has 0 aliphatic carbocycles. The predicted molar refractivity (Wildman–Crippen MR) is 194 cm³/mol. The molecule has 0 spiro atoms. The maximum atomic E-state index is 12.1. The van der Waals surface area contributed by atoms with Gasteiger partial charge < -0.3 is 10.0 Å². The summed E-state index contributed by atoms with van der Waals surface area (Å²) in [6, 6.07) is 23.8. The summed E-state index contributed by atoms with van der Waals surface area (Å²) in [5.41, 5.74) is 5.60. The molecule has 0 saturated heterocycles. The van der Waals surface area contributed by atoms with Crippen molar-refractivity contribution in [1.82, 2.24) is 30.1 Å². The molecule has 0 saturated carbocycles. The van der Waals surface area contributed by atoms with Crippen LogP contribution in [0.1, 0.15) is 20.7 Å². The van der Waals surface area contributed by atoms with Crippen LogP contribution in [0.2, 0.25) is 15.2 Å². The lowest BCUT2D eigenvalue weighted by molar-refractivity contribution is -0.605. The Morgan fingerprint density at radius 2 is 1.26 bits per heavy atom. The van der Waals surface area contributed by atoms with E-state index in [0.717, 1.165) is 26.9 Å². The molecule has 2 amide bonds. The molecular formula is C34H29BCl3N6O6+. The monoisotopic (exact) mass is 733 g/mol. The van der Waals surface area contributed by atoms with Crippen molar-refractivity contribution in [3.63, 3.8) is 0 Å². The average molecular weight is 735 g/mol. The second kappa shape index (κ2) is 17.6. The second-order valence-electron chi connectivity index (χ2n) is 10.2. The highest BCUT2D eigenvalue weighted by atomic mass is 35.5. The molecule has 0 radical (unpaired) electrons. The Hall–Kier alpha value is -5.02. The van der Waals surface area contributed by atoms with E-state index < -0.39 is 7.12 Å². The van der Waals surface area contributed by atoms with Crippen LogP contribution in [-0.2, 0) is 9.36 Å². The van der Waals surface area contributed by atoms with E-state index in [1.165, 1.54) is 20.4 Å². The Morgan fingerprint density at radius 3 is 1.80 bits per heavy atom. The van der Waals surface area contributed by atoms with Crippen molar-refractivity contribution < 1.29 is 29.0 Å². The van der Waals surface area contributed by atoms with E-state index >= 15 is 0 Å². The molecule has 2 N–H and O–H groups in total. The van der Waals surface area contributed by atoms with Crippen LogP contribution in [0.5, 0.6) is 0 Å². The van der Waals surface area contributed by atoms with E-state index in [-0.39, 0.29) is 17.0 Å². The third-order valence-corrected chi connectivity index (χ3v) is 7.58. The summed E-state index contributed by atoms with van der Waals surface area (Å²) in [7, 11) is 3.07. The number of hydrogen-bond acceptors (Lipinski definition) is 9. The molecule has 0 aliphatic rings. The molecule has 0 unspecified atom stereocenters. The quantitative estimate of drug-likeness (QED) is 0.133. The highest BCUT2D eigenvalue weighted by Gasteiger charge is 2.18. The first-order valence-corrected chi connectivity index (χ1v) is 15.6. The molecule has 6 aromatic rings. The first kappa shape index (κ1) is 37.8. The molecule has 12 nitrogen and oxygen atoms in total. The van der Waals surface area contributed by atoms with Crippen molar-refractivity contribution >= 4 is 88.1 Å². The fraction of sp³-hybridized carbons (Fsp3) is 0.0882. The van der Waals surface area contributed by atoms with Gasteiger partial charge in [-0.15, -0.1) is 4.53 Å². The van der Waals surface area contributed by atoms with Gasteiger partial charge in [0.1, 0.15) is 5.15 Å². The van der Waals surface area contributed by atoms with Crippen LogP contribution < -0.4 is 5.46 Å². The van der Waals surface area contributed by atoms with E-state index in [2.05, 4.69) is 31.3 Å². The van der Waals surface area contributed by atoms with Gasteiger partial charge in [0.2, 0.25) is 0 Å². The molecule has 0 fully saturated rings. The molecule has 50 heavy (non-hydrogen) atoms. The Balaban J connectivity index is 0.000000182. The lowest BCUT2D eigenvalue weighted by atomic mass is 9.81. The minimum Gasteiger partial charge on any atom is -0.423 e. The molecule has 16 heteroatoms. The zero-order chi connectivity index (χ0) is 36.4. The lowest BCUT2D eigenvalue weighted by Gasteiger charge is -2.13. The normalized spacial score (nSPS) is 10.3. The molecule has 0 bridgehead atoms. The molecule has 2 aromatic heterocycles. The molecule has 0 atom stereocenters. The Labute approximate surface area is 302 Å². The second-order valence-corrected chi connectivity index (χ2v) is 11.5. The molecule has 4 aromatic carbocycles. The van der Waals surface area contributed by atoms with Gasteiger partial charge in [0.25, 0.3) is 5.91 Å². The van der Waals surface area contributed by atoms with Crippen molar-refractivity contribution in [2.45, 2.75) is 0 Å². The van der Waals surface area contributed by atoms with Crippen molar-refractivity contribution in [3.05, 3.63) is 124 Å². The summed E-state index contributed by atoms with van der Waals surface area (Å²) in [5.74, 6) is -0.559. The zero-order valence-corrected chi connectivity index (χ0v) is 29.1. The number of rotatable bonds is 6. The number of nitrogens with zero attached hydrogens (tertiary/aromatic N) is 6. The van der Waals surface area contributed by atoms with Crippen molar-refractivity contribution in [1.29, 1.82) is 0 Å². The highest BCUT2D eigenvalue weighted by Crippen LogP contribution is 2.22. The minimum absolute atomic E-state index is 0.243. The standard InChI is InChI=1S/C17H14ClN3O2.C11H9ClN3O2.C6H6BClO2/c1-21(23-2)17(22)12-5-8-14-15(9-12)20-16(10-19-14)11-3-6-13(18)7-4-11;1-15(17-2)11(16)7-3-4-8-9(5-7)14-10(12)6-13-8;8-6-3-1-5(2-4-6)7(9)10/h3-10H,1-2H3;3-6H,2H2,1H3;1-4,9-10H/q;+1;. The maximum Gasteiger partial charge on any atom is 0.488 e. The third-order valence-electron chi connectivity index (χ3n) is 6.90.